The van der Waals surface area contributed by atoms with Gasteiger partial charge in [0.15, 0.2) is 6.23 Å². The van der Waals surface area contributed by atoms with Crippen LogP contribution in [0.4, 0.5) is 0 Å². The predicted octanol–water partition coefficient (Wildman–Crippen LogP) is 6.24. The molecule has 1 aromatic heterocycles. The van der Waals surface area contributed by atoms with Gasteiger partial charge in [-0.1, -0.05) is 25.1 Å². The number of ether oxygens (including phenoxy) is 2. The summed E-state index contributed by atoms with van der Waals surface area (Å²) in [6, 6.07) is 19.3. The maximum Gasteiger partial charge on any atom is 0.251 e. The lowest BCUT2D eigenvalue weighted by atomic mass is 10.0. The van der Waals surface area contributed by atoms with Gasteiger partial charge >= 0.3 is 0 Å². The molecule has 7 rings (SSSR count). The minimum atomic E-state index is -0.0937. The van der Waals surface area contributed by atoms with Crippen molar-refractivity contribution in [2.45, 2.75) is 64.1 Å². The fraction of sp³-hybridized carbons (Fsp3) is 0.500. The number of fused-ring (bicyclic) bond motifs is 2. The van der Waals surface area contributed by atoms with Gasteiger partial charge in [0.2, 0.25) is 0 Å². The van der Waals surface area contributed by atoms with Crippen LogP contribution in [-0.4, -0.2) is 84.0 Å². The van der Waals surface area contributed by atoms with Crippen molar-refractivity contribution < 1.29 is 14.3 Å². The summed E-state index contributed by atoms with van der Waals surface area (Å²) >= 11 is 0. The van der Waals surface area contributed by atoms with E-state index in [4.69, 9.17) is 14.6 Å². The molecule has 3 aromatic carbocycles. The second kappa shape index (κ2) is 13.3. The van der Waals surface area contributed by atoms with Crippen LogP contribution in [0.1, 0.15) is 68.5 Å². The van der Waals surface area contributed by atoms with Gasteiger partial charge < -0.3 is 19.7 Å². The van der Waals surface area contributed by atoms with E-state index >= 15 is 0 Å². The minimum absolute atomic E-state index is 0.0376. The molecule has 2 unspecified atom stereocenters. The van der Waals surface area contributed by atoms with E-state index in [2.05, 4.69) is 58.4 Å². The quantitative estimate of drug-likeness (QED) is 0.234. The summed E-state index contributed by atoms with van der Waals surface area (Å²) in [7, 11) is 0. The molecule has 8 heteroatoms. The van der Waals surface area contributed by atoms with Gasteiger partial charge in [-0.25, -0.2) is 4.68 Å². The third kappa shape index (κ3) is 6.21. The first-order chi connectivity index (χ1) is 21.7. The van der Waals surface area contributed by atoms with Crippen molar-refractivity contribution in [3.05, 3.63) is 60.2 Å². The number of amides is 1. The Morgan fingerprint density at radius 2 is 1.82 bits per heavy atom. The molecule has 44 heavy (non-hydrogen) atoms. The highest BCUT2D eigenvalue weighted by Gasteiger charge is 2.24. The van der Waals surface area contributed by atoms with E-state index < -0.39 is 0 Å². The minimum Gasteiger partial charge on any atom is -0.492 e. The molecule has 3 fully saturated rings. The second-order valence-electron chi connectivity index (χ2n) is 12.6. The first kappa shape index (κ1) is 29.3. The number of aromatic nitrogens is 2. The van der Waals surface area contributed by atoms with Crippen molar-refractivity contribution in [2.75, 3.05) is 52.5 Å². The van der Waals surface area contributed by atoms with E-state index in [9.17, 15) is 4.79 Å². The zero-order valence-electron chi connectivity index (χ0n) is 26.0. The van der Waals surface area contributed by atoms with Gasteiger partial charge in [-0.05, 0) is 118 Å². The standard InChI is InChI=1S/C36H45N5O3/c1-2-40-19-7-8-30(40)25-44-31-14-12-26-22-28(11-10-27(26)23-31)35-32-24-29(36(42)37-16-20-39-17-4-5-18-39)13-15-33(32)41(38-35)34-9-3-6-21-43-34/h10-15,22-24,30,34H,2-9,16-21,25H2,1H3,(H,37,42). The molecule has 3 aliphatic rings. The van der Waals surface area contributed by atoms with E-state index in [0.717, 1.165) is 97.3 Å². The van der Waals surface area contributed by atoms with Gasteiger partial charge in [0.05, 0.1) is 5.52 Å². The zero-order chi connectivity index (χ0) is 29.9. The number of likely N-dealkylation sites (N-methyl/N-ethyl adjacent to an activating group) is 1. The van der Waals surface area contributed by atoms with E-state index in [1.807, 2.05) is 22.9 Å². The molecule has 0 aliphatic carbocycles. The highest BCUT2D eigenvalue weighted by Crippen LogP contribution is 2.35. The van der Waals surface area contributed by atoms with Crippen LogP contribution in [0.5, 0.6) is 5.75 Å². The molecule has 4 heterocycles. The number of likely N-dealkylation sites (tertiary alicyclic amines) is 2. The maximum absolute atomic E-state index is 13.2. The molecular weight excluding hydrogens is 550 g/mol. The molecule has 3 saturated heterocycles. The molecule has 3 aliphatic heterocycles. The van der Waals surface area contributed by atoms with Crippen LogP contribution in [-0.2, 0) is 4.74 Å². The van der Waals surface area contributed by atoms with E-state index in [-0.39, 0.29) is 12.1 Å². The van der Waals surface area contributed by atoms with Crippen molar-refractivity contribution in [3.63, 3.8) is 0 Å². The Labute approximate surface area is 260 Å². The molecule has 0 saturated carbocycles. The van der Waals surface area contributed by atoms with E-state index in [1.165, 1.54) is 32.2 Å². The summed E-state index contributed by atoms with van der Waals surface area (Å²) in [6.45, 7) is 9.79. The molecule has 0 radical (unpaired) electrons. The summed E-state index contributed by atoms with van der Waals surface area (Å²) in [5, 5.41) is 11.5. The number of rotatable bonds is 10. The SMILES string of the molecule is CCN1CCCC1COc1ccc2cc(-c3nn(C4CCCCO4)c4ccc(C(=O)NCCN5CCCC5)cc34)ccc2c1. The molecule has 1 N–H and O–H groups in total. The van der Waals surface area contributed by atoms with Crippen molar-refractivity contribution >= 4 is 27.6 Å². The largest absolute Gasteiger partial charge is 0.492 e. The molecule has 0 bridgehead atoms. The Balaban J connectivity index is 1.15. The summed E-state index contributed by atoms with van der Waals surface area (Å²) in [5.74, 6) is 0.877. The third-order valence-corrected chi connectivity index (χ3v) is 9.74. The van der Waals surface area contributed by atoms with Crippen LogP contribution >= 0.6 is 0 Å². The first-order valence-corrected chi connectivity index (χ1v) is 16.7. The van der Waals surface area contributed by atoms with Gasteiger partial charge in [0.25, 0.3) is 5.91 Å². The molecule has 4 aromatic rings. The normalized spacial score (nSPS) is 21.4. The van der Waals surface area contributed by atoms with Crippen LogP contribution < -0.4 is 10.1 Å². The van der Waals surface area contributed by atoms with Gasteiger partial charge in [-0.3, -0.25) is 9.69 Å². The second-order valence-corrected chi connectivity index (χ2v) is 12.6. The summed E-state index contributed by atoms with van der Waals surface area (Å²) in [5.41, 5.74) is 3.57. The van der Waals surface area contributed by atoms with Crippen LogP contribution in [0.3, 0.4) is 0 Å². The van der Waals surface area contributed by atoms with Gasteiger partial charge in [0.1, 0.15) is 18.1 Å². The first-order valence-electron chi connectivity index (χ1n) is 16.7. The predicted molar refractivity (Wildman–Crippen MR) is 175 cm³/mol. The summed E-state index contributed by atoms with van der Waals surface area (Å²) in [6.07, 6.45) is 8.02. The van der Waals surface area contributed by atoms with Gasteiger partial charge in [-0.15, -0.1) is 0 Å². The lowest BCUT2D eigenvalue weighted by Crippen LogP contribution is -2.33. The number of carbonyl (C=O) groups excluding carboxylic acids is 1. The van der Waals surface area contributed by atoms with Gasteiger partial charge in [-0.2, -0.15) is 5.10 Å². The van der Waals surface area contributed by atoms with Crippen molar-refractivity contribution in [1.29, 1.82) is 0 Å². The van der Waals surface area contributed by atoms with Crippen LogP contribution in [0, 0.1) is 0 Å². The van der Waals surface area contributed by atoms with Crippen molar-refractivity contribution in [2.24, 2.45) is 0 Å². The number of benzene rings is 3. The summed E-state index contributed by atoms with van der Waals surface area (Å²) in [4.78, 5) is 18.1. The number of nitrogens with zero attached hydrogens (tertiary/aromatic N) is 4. The van der Waals surface area contributed by atoms with Crippen LogP contribution in [0.15, 0.2) is 54.6 Å². The van der Waals surface area contributed by atoms with Gasteiger partial charge in [0, 0.05) is 42.3 Å². The summed E-state index contributed by atoms with van der Waals surface area (Å²) < 4.78 is 14.4. The fourth-order valence-electron chi connectivity index (χ4n) is 7.22. The molecule has 0 spiro atoms. The van der Waals surface area contributed by atoms with E-state index in [0.29, 0.717) is 18.2 Å². The Morgan fingerprint density at radius 3 is 2.66 bits per heavy atom. The van der Waals surface area contributed by atoms with E-state index in [1.54, 1.807) is 0 Å². The number of nitrogens with one attached hydrogen (secondary N) is 1. The molecule has 8 nitrogen and oxygen atoms in total. The highest BCUT2D eigenvalue weighted by atomic mass is 16.5. The Bertz CT molecular complexity index is 1600. The number of hydrogen-bond donors (Lipinski definition) is 1. The highest BCUT2D eigenvalue weighted by molar-refractivity contribution is 6.02. The van der Waals surface area contributed by atoms with Crippen molar-refractivity contribution in [3.8, 4) is 17.0 Å². The lowest BCUT2D eigenvalue weighted by Gasteiger charge is -2.23. The van der Waals surface area contributed by atoms with Crippen LogP contribution in [0.25, 0.3) is 32.9 Å². The smallest absolute Gasteiger partial charge is 0.251 e. The molecule has 232 valence electrons. The molecular formula is C36H45N5O3. The molecule has 2 atom stereocenters. The zero-order valence-corrected chi connectivity index (χ0v) is 26.0. The monoisotopic (exact) mass is 595 g/mol. The fourth-order valence-corrected chi connectivity index (χ4v) is 7.22. The number of hydrogen-bond acceptors (Lipinski definition) is 6. The number of carbonyl (C=O) groups is 1. The third-order valence-electron chi connectivity index (χ3n) is 9.74. The average molecular weight is 596 g/mol. The Morgan fingerprint density at radius 1 is 0.955 bits per heavy atom. The lowest BCUT2D eigenvalue weighted by molar-refractivity contribution is -0.0365. The topological polar surface area (TPSA) is 71.9 Å². The van der Waals surface area contributed by atoms with Crippen molar-refractivity contribution in [1.82, 2.24) is 24.9 Å². The molecule has 1 amide bonds. The Kier molecular flexibility index (Phi) is 8.82. The average Bonchev–Trinajstić information content (AvgIpc) is 3.84. The van der Waals surface area contributed by atoms with Crippen LogP contribution in [0.2, 0.25) is 0 Å². The maximum atomic E-state index is 13.2. The Hall–Kier alpha value is -3.46.